The van der Waals surface area contributed by atoms with Crippen LogP contribution in [0.15, 0.2) is 84.9 Å². The minimum Gasteiger partial charge on any atom is -0.508 e. The van der Waals surface area contributed by atoms with E-state index >= 15 is 0 Å². The molecule has 4 heterocycles. The van der Waals surface area contributed by atoms with E-state index in [0.29, 0.717) is 30.2 Å². The van der Waals surface area contributed by atoms with Crippen molar-refractivity contribution in [3.8, 4) is 5.75 Å². The molecule has 4 aromatic carbocycles. The SMILES string of the molecule is Cc1ccc(C2=C(c3ccc(N4CCC(CN5CCN(c6ccc7c(c6)CN(C6CCC(=O)NC6=O)C7=O)CC5)CC4)cc3)c3ccc(O)cc3CCC2)cc1. The predicted octanol–water partition coefficient (Wildman–Crippen LogP) is 6.80. The van der Waals surface area contributed by atoms with Gasteiger partial charge in [0.2, 0.25) is 11.8 Å². The van der Waals surface area contributed by atoms with Gasteiger partial charge in [-0.25, -0.2) is 0 Å². The normalized spacial score (nSPS) is 20.9. The van der Waals surface area contributed by atoms with Crippen LogP contribution in [0.2, 0.25) is 0 Å². The zero-order chi connectivity index (χ0) is 38.3. The second kappa shape index (κ2) is 15.3. The highest BCUT2D eigenvalue weighted by Gasteiger charge is 2.39. The van der Waals surface area contributed by atoms with Gasteiger partial charge in [0.25, 0.3) is 5.91 Å². The van der Waals surface area contributed by atoms with Gasteiger partial charge in [-0.3, -0.25) is 24.6 Å². The van der Waals surface area contributed by atoms with Crippen molar-refractivity contribution in [3.63, 3.8) is 0 Å². The number of aryl methyl sites for hydroxylation is 2. The number of fused-ring (bicyclic) bond motifs is 2. The van der Waals surface area contributed by atoms with Crippen molar-refractivity contribution in [2.24, 2.45) is 5.92 Å². The molecule has 0 radical (unpaired) electrons. The van der Waals surface area contributed by atoms with E-state index in [9.17, 15) is 19.5 Å². The van der Waals surface area contributed by atoms with Gasteiger partial charge in [-0.2, -0.15) is 0 Å². The number of amides is 3. The molecule has 3 amide bonds. The predicted molar refractivity (Wildman–Crippen MR) is 221 cm³/mol. The molecule has 9 heteroatoms. The number of phenolic OH excluding ortho intramolecular Hbond substituents is 1. The number of imide groups is 1. The first-order chi connectivity index (χ1) is 27.3. The summed E-state index contributed by atoms with van der Waals surface area (Å²) in [6.45, 7) is 9.73. The number of carbonyl (C=O) groups excluding carboxylic acids is 3. The molecule has 4 aromatic rings. The van der Waals surface area contributed by atoms with Crippen LogP contribution >= 0.6 is 0 Å². The molecule has 9 nitrogen and oxygen atoms in total. The molecule has 1 aliphatic carbocycles. The Balaban J connectivity index is 0.802. The first kappa shape index (κ1) is 36.2. The third kappa shape index (κ3) is 7.20. The zero-order valence-electron chi connectivity index (χ0n) is 32.3. The number of benzene rings is 4. The van der Waals surface area contributed by atoms with E-state index in [2.05, 4.69) is 87.6 Å². The van der Waals surface area contributed by atoms with Gasteiger partial charge in [0.1, 0.15) is 11.8 Å². The zero-order valence-corrected chi connectivity index (χ0v) is 32.3. The van der Waals surface area contributed by atoms with E-state index in [-0.39, 0.29) is 24.1 Å². The van der Waals surface area contributed by atoms with Crippen LogP contribution in [-0.4, -0.2) is 84.5 Å². The molecule has 3 fully saturated rings. The van der Waals surface area contributed by atoms with Gasteiger partial charge in [0.05, 0.1) is 0 Å². The van der Waals surface area contributed by atoms with Crippen LogP contribution < -0.4 is 15.1 Å². The monoisotopic (exact) mass is 749 g/mol. The largest absolute Gasteiger partial charge is 0.508 e. The van der Waals surface area contributed by atoms with E-state index in [1.807, 2.05) is 24.3 Å². The van der Waals surface area contributed by atoms with E-state index in [1.165, 1.54) is 57.5 Å². The number of phenols is 1. The molecule has 5 aliphatic rings. The minimum atomic E-state index is -0.588. The van der Waals surface area contributed by atoms with Crippen LogP contribution in [-0.2, 0) is 22.6 Å². The molecule has 0 saturated carbocycles. The lowest BCUT2D eigenvalue weighted by Gasteiger charge is -2.40. The first-order valence-corrected chi connectivity index (χ1v) is 20.5. The third-order valence-electron chi connectivity index (χ3n) is 12.8. The molecule has 1 atom stereocenters. The summed E-state index contributed by atoms with van der Waals surface area (Å²) in [4.78, 5) is 46.5. The number of allylic oxidation sites excluding steroid dienone is 1. The highest BCUT2D eigenvalue weighted by molar-refractivity contribution is 6.05. The van der Waals surface area contributed by atoms with Crippen LogP contribution in [0.5, 0.6) is 5.75 Å². The van der Waals surface area contributed by atoms with Crippen molar-refractivity contribution in [3.05, 3.63) is 124 Å². The molecule has 288 valence electrons. The minimum absolute atomic E-state index is 0.123. The fourth-order valence-electron chi connectivity index (χ4n) is 9.67. The number of carbonyl (C=O) groups is 3. The third-order valence-corrected chi connectivity index (χ3v) is 12.8. The number of piperazine rings is 1. The van der Waals surface area contributed by atoms with Gasteiger partial charge in [0.15, 0.2) is 0 Å². The van der Waals surface area contributed by atoms with Crippen LogP contribution in [0, 0.1) is 12.8 Å². The number of piperidine rings is 2. The van der Waals surface area contributed by atoms with Crippen molar-refractivity contribution in [2.75, 3.05) is 55.6 Å². The smallest absolute Gasteiger partial charge is 0.255 e. The number of nitrogens with zero attached hydrogens (tertiary/aromatic N) is 4. The van der Waals surface area contributed by atoms with Crippen molar-refractivity contribution in [1.29, 1.82) is 0 Å². The quantitative estimate of drug-likeness (QED) is 0.201. The summed E-state index contributed by atoms with van der Waals surface area (Å²) in [5, 5.41) is 12.7. The Labute approximate surface area is 329 Å². The summed E-state index contributed by atoms with van der Waals surface area (Å²) in [5.41, 5.74) is 12.9. The lowest BCUT2D eigenvalue weighted by Crippen LogP contribution is -2.52. The standard InChI is InChI=1S/C47H51N5O4/c1-31-5-7-33(8-6-31)40-4-2-3-35-28-39(53)14-16-41(35)45(40)34-9-11-37(12-10-34)50-21-19-32(20-22-50)29-49-23-25-51(26-24-49)38-13-15-42-36(27-38)30-52(47(42)56)43-17-18-44(54)48-46(43)55/h5-16,27-28,32,43,53H,2-4,17-26,29-30H2,1H3,(H,48,54,55). The topological polar surface area (TPSA) is 96.4 Å². The molecule has 4 aliphatic heterocycles. The molecule has 56 heavy (non-hydrogen) atoms. The average Bonchev–Trinajstić information content (AvgIpc) is 3.41. The van der Waals surface area contributed by atoms with Gasteiger partial charge in [0, 0.05) is 75.7 Å². The summed E-state index contributed by atoms with van der Waals surface area (Å²) in [6, 6.07) is 29.5. The maximum Gasteiger partial charge on any atom is 0.255 e. The first-order valence-electron chi connectivity index (χ1n) is 20.5. The Bertz CT molecular complexity index is 2180. The number of rotatable bonds is 7. The Kier molecular flexibility index (Phi) is 9.88. The number of hydrogen-bond donors (Lipinski definition) is 2. The molecule has 9 rings (SSSR count). The van der Waals surface area contributed by atoms with E-state index in [4.69, 9.17) is 0 Å². The second-order valence-corrected chi connectivity index (χ2v) is 16.4. The number of hydrogen-bond acceptors (Lipinski definition) is 7. The van der Waals surface area contributed by atoms with Gasteiger partial charge >= 0.3 is 0 Å². The lowest BCUT2D eigenvalue weighted by atomic mass is 9.87. The molecular weight excluding hydrogens is 699 g/mol. The van der Waals surface area contributed by atoms with Crippen LogP contribution in [0.3, 0.4) is 0 Å². The van der Waals surface area contributed by atoms with E-state index in [1.54, 1.807) is 4.90 Å². The van der Waals surface area contributed by atoms with Gasteiger partial charge in [-0.1, -0.05) is 48.0 Å². The fraction of sp³-hybridized carbons (Fsp3) is 0.383. The van der Waals surface area contributed by atoms with E-state index in [0.717, 1.165) is 76.3 Å². The Morgan fingerprint density at radius 1 is 0.679 bits per heavy atom. The highest BCUT2D eigenvalue weighted by atomic mass is 16.3. The van der Waals surface area contributed by atoms with Gasteiger partial charge in [-0.15, -0.1) is 0 Å². The number of nitrogens with one attached hydrogen (secondary N) is 1. The number of aromatic hydroxyl groups is 1. The average molecular weight is 750 g/mol. The number of anilines is 2. The summed E-state index contributed by atoms with van der Waals surface area (Å²) in [6.07, 6.45) is 6.02. The van der Waals surface area contributed by atoms with Crippen molar-refractivity contribution in [1.82, 2.24) is 15.1 Å². The molecule has 2 N–H and O–H groups in total. The Morgan fingerprint density at radius 2 is 1.38 bits per heavy atom. The van der Waals surface area contributed by atoms with Crippen molar-refractivity contribution in [2.45, 2.75) is 64.5 Å². The van der Waals surface area contributed by atoms with Crippen LogP contribution in [0.1, 0.15) is 82.3 Å². The molecule has 0 bridgehead atoms. The lowest BCUT2D eigenvalue weighted by molar-refractivity contribution is -0.136. The van der Waals surface area contributed by atoms with Crippen molar-refractivity contribution >= 4 is 40.2 Å². The highest BCUT2D eigenvalue weighted by Crippen LogP contribution is 2.41. The van der Waals surface area contributed by atoms with Gasteiger partial charge < -0.3 is 19.8 Å². The molecule has 3 saturated heterocycles. The summed E-state index contributed by atoms with van der Waals surface area (Å²) in [7, 11) is 0. The second-order valence-electron chi connectivity index (χ2n) is 16.4. The fourth-order valence-corrected chi connectivity index (χ4v) is 9.67. The summed E-state index contributed by atoms with van der Waals surface area (Å²) in [5.74, 6) is 0.255. The maximum atomic E-state index is 13.2. The molecule has 1 unspecified atom stereocenters. The Morgan fingerprint density at radius 3 is 2.12 bits per heavy atom. The molecular formula is C47H51N5O4. The molecule has 0 aromatic heterocycles. The molecule has 0 spiro atoms. The maximum absolute atomic E-state index is 13.2. The van der Waals surface area contributed by atoms with Crippen LogP contribution in [0.4, 0.5) is 11.4 Å². The van der Waals surface area contributed by atoms with Crippen LogP contribution in [0.25, 0.3) is 11.1 Å². The van der Waals surface area contributed by atoms with Crippen molar-refractivity contribution < 1.29 is 19.5 Å². The summed E-state index contributed by atoms with van der Waals surface area (Å²) < 4.78 is 0. The Hall–Kier alpha value is -5.41. The van der Waals surface area contributed by atoms with E-state index < -0.39 is 6.04 Å². The van der Waals surface area contributed by atoms with Gasteiger partial charge in [-0.05, 0) is 133 Å². The summed E-state index contributed by atoms with van der Waals surface area (Å²) >= 11 is 0.